The molecule has 1 amide bonds. The second kappa shape index (κ2) is 49.2. The third kappa shape index (κ3) is 32.2. The molecule has 5 N–H and O–H groups in total. The molecule has 0 aliphatic rings. The zero-order valence-electron chi connectivity index (χ0n) is 72.0. The molecule has 0 spiro atoms. The number of carboxylic acids is 2. The predicted octanol–water partition coefficient (Wildman–Crippen LogP) is 25.3. The number of pyridine rings is 4. The minimum absolute atomic E-state index is 0.123. The number of carboxylic acid groups (broad SMARTS) is 2. The Morgan fingerprint density at radius 1 is 0.397 bits per heavy atom. The molecule has 14 rings (SSSR count). The van der Waals surface area contributed by atoms with Gasteiger partial charge in [0.05, 0.1) is 44.8 Å². The maximum atomic E-state index is 12.8. The van der Waals surface area contributed by atoms with Crippen molar-refractivity contribution in [2.24, 2.45) is 0 Å². The van der Waals surface area contributed by atoms with E-state index in [4.69, 9.17) is 54.9 Å². The number of aliphatic carboxylic acids is 2. The Hall–Kier alpha value is -12.5. The van der Waals surface area contributed by atoms with Gasteiger partial charge in [0.15, 0.2) is 6.29 Å². The number of amides is 1. The largest absolute Gasteiger partial charge is 0.481 e. The number of nitrogen functional groups attached to an aromatic ring is 1. The van der Waals surface area contributed by atoms with E-state index in [1.54, 1.807) is 24.3 Å². The van der Waals surface area contributed by atoms with E-state index < -0.39 is 23.1 Å². The first-order chi connectivity index (χ1) is 60.5. The Kier molecular flexibility index (Phi) is 38.0. The van der Waals surface area contributed by atoms with Gasteiger partial charge in [-0.3, -0.25) is 28.8 Å². The summed E-state index contributed by atoms with van der Waals surface area (Å²) in [6.07, 6.45) is 12.0. The second-order valence-electron chi connectivity index (χ2n) is 32.2. The van der Waals surface area contributed by atoms with Crippen molar-refractivity contribution in [2.75, 3.05) is 5.73 Å². The molecular weight excluding hydrogens is 1780 g/mol. The summed E-state index contributed by atoms with van der Waals surface area (Å²) in [4.78, 5) is 104. The van der Waals surface area contributed by atoms with Gasteiger partial charge < -0.3 is 30.7 Å². The van der Waals surface area contributed by atoms with Crippen LogP contribution in [0.25, 0.3) is 88.6 Å². The molecule has 21 heteroatoms. The SMILES string of the molecule is CC(C)(C)OC(=O)CCCCc1cc2cc(Br)ccc2nc1-c1ccccc1.CC(C)(C)OC(=O)CCCCc1cc2ccccc2nc1-c1ccccc1.Cc1ccc(CNC(=O)c2ccc3nc(-c4ccccc4)c(CCCCC(=O)O)cc3c2)cc1.Nc1ccc(Br)cc1C=O.O=C(O)CCCCc1cc2cc(Br)ccc2nc1-c1ccccc1.O=C=O. The Morgan fingerprint density at radius 2 is 0.722 bits per heavy atom. The standard InChI is InChI=1S/C29H28N2O3.C24H26BrNO2.C24H27NO2.C20H18BrNO2.C7H6BrNO.CO2/c1-20-11-13-21(14-12-20)19-30-29(34)24-15-16-26-25(18-24)17-23(9-5-6-10-27(32)33)28(31-26)22-7-3-2-4-8-22;1-24(2,3)28-22(27)12-8-7-11-18-15-19-16-20(25)13-14-21(19)26-23(18)17-9-5-4-6-10-17;1-24(2,3)27-22(26)16-10-8-14-20-17-19-13-7-9-15-21(19)25-23(20)18-11-5-4-6-12-18;21-17-10-11-18-16(13-17)12-15(8-4-5-9-19(23)24)20(22-18)14-6-2-1-3-7-14;8-6-1-2-7(9)5(3-6)4-10;2-1-3/h2-4,7-8,11-18H,5-6,9-10,19H2,1H3,(H,30,34)(H,32,33);4-6,9-10,13-16H,7-8,11-12H2,1-3H3;4-7,9,11-13,15,17H,8,10,14,16H2,1-3H3;1-3,6-7,10-13H,4-5,8-9H2,(H,23,24);1-4H,9H2;. The monoisotopic (exact) mass is 1880 g/mol. The van der Waals surface area contributed by atoms with Crippen LogP contribution in [0.5, 0.6) is 0 Å². The Bertz CT molecular complexity index is 6020. The molecule has 648 valence electrons. The van der Waals surface area contributed by atoms with E-state index in [0.717, 1.165) is 189 Å². The van der Waals surface area contributed by atoms with Crippen LogP contribution in [0.2, 0.25) is 0 Å². The highest BCUT2D eigenvalue weighted by Crippen LogP contribution is 2.34. The normalized spacial score (nSPS) is 10.8. The van der Waals surface area contributed by atoms with Crippen LogP contribution in [0.1, 0.15) is 173 Å². The molecular formula is C105H105Br3N6O12. The topological polar surface area (TPSA) is 285 Å². The van der Waals surface area contributed by atoms with Crippen molar-refractivity contribution in [1.29, 1.82) is 0 Å². The van der Waals surface area contributed by atoms with E-state index in [1.807, 2.05) is 212 Å². The van der Waals surface area contributed by atoms with Crippen LogP contribution in [0, 0.1) is 6.92 Å². The molecule has 0 unspecified atom stereocenters. The molecule has 0 saturated carbocycles. The van der Waals surface area contributed by atoms with E-state index in [-0.39, 0.29) is 36.8 Å². The van der Waals surface area contributed by atoms with Gasteiger partial charge in [0.25, 0.3) is 5.91 Å². The summed E-state index contributed by atoms with van der Waals surface area (Å²) in [6.45, 7) is 13.9. The summed E-state index contributed by atoms with van der Waals surface area (Å²) in [5.41, 5.74) is 25.2. The van der Waals surface area contributed by atoms with Crippen molar-refractivity contribution in [3.8, 4) is 45.0 Å². The maximum Gasteiger partial charge on any atom is 0.373 e. The number of carbonyl (C=O) groups is 6. The number of nitrogens with two attached hydrogens (primary N) is 1. The van der Waals surface area contributed by atoms with Gasteiger partial charge in [0.2, 0.25) is 0 Å². The van der Waals surface area contributed by atoms with Crippen LogP contribution in [-0.4, -0.2) is 83.6 Å². The number of nitrogens with zero attached hydrogens (tertiary/aromatic N) is 4. The van der Waals surface area contributed by atoms with Crippen LogP contribution < -0.4 is 11.1 Å². The van der Waals surface area contributed by atoms with E-state index in [0.29, 0.717) is 49.0 Å². The van der Waals surface area contributed by atoms with Gasteiger partial charge in [-0.05, 0) is 256 Å². The first-order valence-electron chi connectivity index (χ1n) is 41.9. The minimum atomic E-state index is -0.777. The van der Waals surface area contributed by atoms with Crippen LogP contribution in [0.3, 0.4) is 0 Å². The summed E-state index contributed by atoms with van der Waals surface area (Å²) in [5, 5.41) is 25.0. The fourth-order valence-corrected chi connectivity index (χ4v) is 15.0. The number of aldehydes is 1. The van der Waals surface area contributed by atoms with Crippen molar-refractivity contribution in [3.05, 3.63) is 325 Å². The molecule has 0 bridgehead atoms. The Balaban J connectivity index is 0.000000182. The number of halogens is 3. The number of unbranched alkanes of at least 4 members (excludes halogenated alkanes) is 4. The second-order valence-corrected chi connectivity index (χ2v) is 34.9. The molecule has 4 heterocycles. The molecule has 4 aromatic heterocycles. The lowest BCUT2D eigenvalue weighted by Crippen LogP contribution is -2.23. The van der Waals surface area contributed by atoms with Gasteiger partial charge in [-0.15, -0.1) is 0 Å². The smallest absolute Gasteiger partial charge is 0.373 e. The van der Waals surface area contributed by atoms with Crippen LogP contribution in [0.15, 0.2) is 280 Å². The number of hydrogen-bond donors (Lipinski definition) is 4. The van der Waals surface area contributed by atoms with E-state index in [9.17, 15) is 28.8 Å². The average molecular weight is 1880 g/mol. The average Bonchev–Trinajstić information content (AvgIpc) is 0.802. The van der Waals surface area contributed by atoms with E-state index in [2.05, 4.69) is 132 Å². The number of nitrogens with one attached hydrogen (secondary N) is 1. The maximum absolute atomic E-state index is 12.8. The Labute approximate surface area is 761 Å². The van der Waals surface area contributed by atoms with Gasteiger partial charge in [-0.25, -0.2) is 19.9 Å². The summed E-state index contributed by atoms with van der Waals surface area (Å²) in [6, 6.07) is 88.7. The highest BCUT2D eigenvalue weighted by Gasteiger charge is 2.20. The predicted molar refractivity (Wildman–Crippen MR) is 513 cm³/mol. The number of aromatic nitrogens is 4. The highest BCUT2D eigenvalue weighted by molar-refractivity contribution is 9.11. The molecule has 0 aliphatic heterocycles. The Morgan fingerprint density at radius 3 is 1.09 bits per heavy atom. The molecule has 0 aliphatic carbocycles. The number of carbonyl (C=O) groups excluding carboxylic acids is 6. The molecule has 0 radical (unpaired) electrons. The van der Waals surface area contributed by atoms with Gasteiger partial charge in [0, 0.05) is 106 Å². The van der Waals surface area contributed by atoms with E-state index >= 15 is 0 Å². The lowest BCUT2D eigenvalue weighted by molar-refractivity contribution is -0.192. The number of fused-ring (bicyclic) bond motifs is 4. The number of rotatable bonds is 28. The number of anilines is 1. The first-order valence-corrected chi connectivity index (χ1v) is 44.3. The molecule has 0 atom stereocenters. The number of para-hydroxylation sites is 1. The quantitative estimate of drug-likeness (QED) is 0.0153. The fraction of sp³-hybridized carbons (Fsp3) is 0.248. The number of esters is 2. The number of aryl methyl sites for hydroxylation is 5. The van der Waals surface area contributed by atoms with Crippen molar-refractivity contribution < 1.29 is 58.0 Å². The summed E-state index contributed by atoms with van der Waals surface area (Å²) in [7, 11) is 0. The van der Waals surface area contributed by atoms with Gasteiger partial charge >= 0.3 is 30.0 Å². The molecule has 0 saturated heterocycles. The summed E-state index contributed by atoms with van der Waals surface area (Å²) < 4.78 is 13.7. The number of ether oxygens (including phenoxy) is 2. The molecule has 18 nitrogen and oxygen atoms in total. The molecule has 14 aromatic rings. The summed E-state index contributed by atoms with van der Waals surface area (Å²) in [5.74, 6) is -1.89. The first kappa shape index (κ1) is 97.3. The molecule has 10 aromatic carbocycles. The van der Waals surface area contributed by atoms with Crippen LogP contribution in [-0.2, 0) is 70.5 Å². The molecule has 0 fully saturated rings. The molecule has 126 heavy (non-hydrogen) atoms. The van der Waals surface area contributed by atoms with Gasteiger partial charge in [-0.2, -0.15) is 9.59 Å². The zero-order valence-corrected chi connectivity index (χ0v) is 76.7. The zero-order chi connectivity index (χ0) is 90.6. The minimum Gasteiger partial charge on any atom is -0.481 e. The van der Waals surface area contributed by atoms with Crippen LogP contribution in [0.4, 0.5) is 5.69 Å². The third-order valence-corrected chi connectivity index (χ3v) is 21.3. The summed E-state index contributed by atoms with van der Waals surface area (Å²) >= 11 is 10.3. The number of benzene rings is 10. The van der Waals surface area contributed by atoms with E-state index in [1.165, 1.54) is 16.7 Å². The van der Waals surface area contributed by atoms with Crippen molar-refractivity contribution in [1.82, 2.24) is 25.3 Å². The van der Waals surface area contributed by atoms with Crippen molar-refractivity contribution >= 4 is 139 Å². The number of hydrogen-bond acceptors (Lipinski definition) is 15. The third-order valence-electron chi connectivity index (χ3n) is 19.8. The fourth-order valence-electron chi connectivity index (χ4n) is 13.8. The van der Waals surface area contributed by atoms with Crippen LogP contribution >= 0.6 is 47.8 Å². The van der Waals surface area contributed by atoms with Gasteiger partial charge in [-0.1, -0.05) is 217 Å². The lowest BCUT2D eigenvalue weighted by Gasteiger charge is -2.19. The highest BCUT2D eigenvalue weighted by atomic mass is 79.9. The van der Waals surface area contributed by atoms with Gasteiger partial charge in [0.1, 0.15) is 11.2 Å². The lowest BCUT2D eigenvalue weighted by atomic mass is 9.98. The van der Waals surface area contributed by atoms with Crippen molar-refractivity contribution in [3.63, 3.8) is 0 Å². The van der Waals surface area contributed by atoms with Crippen molar-refractivity contribution in [2.45, 2.75) is 169 Å².